The summed E-state index contributed by atoms with van der Waals surface area (Å²) in [5, 5.41) is 11.3. The van der Waals surface area contributed by atoms with Gasteiger partial charge in [0.15, 0.2) is 0 Å². The van der Waals surface area contributed by atoms with Gasteiger partial charge in [-0.3, -0.25) is 9.59 Å². The van der Waals surface area contributed by atoms with E-state index < -0.39 is 17.7 Å². The number of aliphatic hydroxyl groups is 1. The normalized spacial score (nSPS) is 17.1. The van der Waals surface area contributed by atoms with Crippen LogP contribution in [0.25, 0.3) is 5.76 Å². The molecule has 1 fully saturated rings. The van der Waals surface area contributed by atoms with E-state index in [1.165, 1.54) is 11.2 Å². The zero-order valence-electron chi connectivity index (χ0n) is 20.2. The van der Waals surface area contributed by atoms with E-state index in [9.17, 15) is 14.7 Å². The van der Waals surface area contributed by atoms with Crippen LogP contribution in [-0.4, -0.2) is 42.4 Å². The second-order valence-corrected chi connectivity index (χ2v) is 8.72. The zero-order valence-corrected chi connectivity index (χ0v) is 20.2. The molecule has 0 aliphatic carbocycles. The molecular weight excluding hydrogens is 444 g/mol. The van der Waals surface area contributed by atoms with Crippen LogP contribution >= 0.6 is 0 Å². The number of nitrogens with zero attached hydrogens (tertiary/aromatic N) is 2. The Bertz CT molecular complexity index is 1210. The molecule has 1 atom stereocenters. The Morgan fingerprint density at radius 1 is 1.09 bits per heavy atom. The lowest BCUT2D eigenvalue weighted by atomic mass is 9.95. The fourth-order valence-electron chi connectivity index (χ4n) is 4.14. The van der Waals surface area contributed by atoms with Crippen LogP contribution in [0.1, 0.15) is 42.7 Å². The number of ether oxygens (including phenoxy) is 1. The van der Waals surface area contributed by atoms with Crippen LogP contribution in [-0.2, 0) is 16.1 Å². The number of ketones is 1. The molecule has 0 bridgehead atoms. The number of hydrogen-bond acceptors (Lipinski definition) is 6. The highest BCUT2D eigenvalue weighted by Gasteiger charge is 2.46. The van der Waals surface area contributed by atoms with Gasteiger partial charge in [0.25, 0.3) is 11.7 Å². The van der Waals surface area contributed by atoms with Crippen LogP contribution in [0.3, 0.4) is 0 Å². The fourth-order valence-corrected chi connectivity index (χ4v) is 4.14. The van der Waals surface area contributed by atoms with Gasteiger partial charge in [0.1, 0.15) is 17.3 Å². The van der Waals surface area contributed by atoms with E-state index in [2.05, 4.69) is 6.92 Å². The third kappa shape index (κ3) is 5.09. The Balaban J connectivity index is 1.78. The molecular formula is C28H30N2O5. The molecule has 3 aromatic rings. The summed E-state index contributed by atoms with van der Waals surface area (Å²) in [6.07, 6.45) is 3.44. The van der Waals surface area contributed by atoms with Crippen molar-refractivity contribution in [1.82, 2.24) is 4.90 Å². The summed E-state index contributed by atoms with van der Waals surface area (Å²) in [5.41, 5.74) is 2.17. The van der Waals surface area contributed by atoms with Crippen molar-refractivity contribution in [3.8, 4) is 5.75 Å². The van der Waals surface area contributed by atoms with Crippen molar-refractivity contribution >= 4 is 23.1 Å². The number of Topliss-reactive ketones (excluding diaryl/α,β-unsaturated/α-hetero) is 1. The van der Waals surface area contributed by atoms with Gasteiger partial charge in [0.2, 0.25) is 0 Å². The third-order valence-electron chi connectivity index (χ3n) is 6.05. The Labute approximate surface area is 205 Å². The molecule has 1 aliphatic rings. The van der Waals surface area contributed by atoms with E-state index >= 15 is 0 Å². The number of amides is 1. The first-order chi connectivity index (χ1) is 16.9. The highest BCUT2D eigenvalue weighted by atomic mass is 16.5. The Morgan fingerprint density at radius 2 is 1.86 bits per heavy atom. The van der Waals surface area contributed by atoms with E-state index in [1.54, 1.807) is 36.4 Å². The van der Waals surface area contributed by atoms with Crippen LogP contribution in [0, 0.1) is 0 Å². The van der Waals surface area contributed by atoms with Gasteiger partial charge in [-0.25, -0.2) is 0 Å². The van der Waals surface area contributed by atoms with E-state index in [-0.39, 0.29) is 17.9 Å². The number of benzene rings is 2. The lowest BCUT2D eigenvalue weighted by molar-refractivity contribution is -0.140. The molecule has 4 rings (SSSR count). The second-order valence-electron chi connectivity index (χ2n) is 8.72. The highest BCUT2D eigenvalue weighted by Crippen LogP contribution is 2.41. The molecule has 7 nitrogen and oxygen atoms in total. The molecule has 1 unspecified atom stereocenters. The minimum Gasteiger partial charge on any atom is -0.507 e. The monoisotopic (exact) mass is 474 g/mol. The summed E-state index contributed by atoms with van der Waals surface area (Å²) in [7, 11) is 3.88. The number of likely N-dealkylation sites (tertiary alicyclic amines) is 1. The second kappa shape index (κ2) is 10.5. The van der Waals surface area contributed by atoms with Crippen molar-refractivity contribution in [2.45, 2.75) is 32.4 Å². The molecule has 1 aliphatic heterocycles. The average Bonchev–Trinajstić information content (AvgIpc) is 3.46. The zero-order chi connectivity index (χ0) is 24.9. The van der Waals surface area contributed by atoms with Gasteiger partial charge in [-0.15, -0.1) is 0 Å². The molecule has 1 N–H and O–H groups in total. The quantitative estimate of drug-likeness (QED) is 0.200. The predicted octanol–water partition coefficient (Wildman–Crippen LogP) is 5.15. The number of anilines is 1. The first-order valence-electron chi connectivity index (χ1n) is 11.7. The fraction of sp³-hybridized carbons (Fsp3) is 0.286. The minimum absolute atomic E-state index is 0.0462. The molecule has 35 heavy (non-hydrogen) atoms. The van der Waals surface area contributed by atoms with Crippen LogP contribution in [0.5, 0.6) is 5.75 Å². The lowest BCUT2D eigenvalue weighted by Crippen LogP contribution is -2.29. The molecule has 182 valence electrons. The number of unbranched alkanes of at least 4 members (excludes halogenated alkanes) is 1. The summed E-state index contributed by atoms with van der Waals surface area (Å²) in [6, 6.07) is 17.3. The molecule has 0 saturated carbocycles. The van der Waals surface area contributed by atoms with Crippen LogP contribution in [0.15, 0.2) is 76.9 Å². The smallest absolute Gasteiger partial charge is 0.296 e. The van der Waals surface area contributed by atoms with Gasteiger partial charge in [0.05, 0.1) is 31.0 Å². The van der Waals surface area contributed by atoms with Crippen molar-refractivity contribution in [2.24, 2.45) is 0 Å². The number of aliphatic hydroxyl groups excluding tert-OH is 1. The SMILES string of the molecule is CCCCOc1cccc(C(O)=C2C(=O)C(=O)N(Cc3ccco3)C2c2ccc(N(C)C)cc2)c1. The summed E-state index contributed by atoms with van der Waals surface area (Å²) in [5.74, 6) is -0.492. The van der Waals surface area contributed by atoms with Crippen molar-refractivity contribution in [2.75, 3.05) is 25.6 Å². The molecule has 0 radical (unpaired) electrons. The molecule has 2 heterocycles. The topological polar surface area (TPSA) is 83.2 Å². The van der Waals surface area contributed by atoms with Crippen molar-refractivity contribution in [3.05, 3.63) is 89.4 Å². The Hall–Kier alpha value is -4.00. The van der Waals surface area contributed by atoms with Crippen molar-refractivity contribution < 1.29 is 23.8 Å². The molecule has 7 heteroatoms. The number of furan rings is 1. The molecule has 1 amide bonds. The van der Waals surface area contributed by atoms with Crippen LogP contribution < -0.4 is 9.64 Å². The maximum Gasteiger partial charge on any atom is 0.296 e. The molecule has 1 saturated heterocycles. The van der Waals surface area contributed by atoms with Crippen molar-refractivity contribution in [1.29, 1.82) is 0 Å². The van der Waals surface area contributed by atoms with E-state index in [1.807, 2.05) is 43.3 Å². The maximum absolute atomic E-state index is 13.2. The largest absolute Gasteiger partial charge is 0.507 e. The van der Waals surface area contributed by atoms with Crippen LogP contribution in [0.2, 0.25) is 0 Å². The number of carbonyl (C=O) groups excluding carboxylic acids is 2. The minimum atomic E-state index is -0.763. The van der Waals surface area contributed by atoms with Gasteiger partial charge < -0.3 is 24.1 Å². The Kier molecular flexibility index (Phi) is 7.25. The summed E-state index contributed by atoms with van der Waals surface area (Å²) >= 11 is 0. The molecule has 1 aromatic heterocycles. The van der Waals surface area contributed by atoms with Gasteiger partial charge in [-0.1, -0.05) is 37.6 Å². The third-order valence-corrected chi connectivity index (χ3v) is 6.05. The average molecular weight is 475 g/mol. The highest BCUT2D eigenvalue weighted by molar-refractivity contribution is 6.46. The number of rotatable bonds is 9. The van der Waals surface area contributed by atoms with E-state index in [0.29, 0.717) is 23.7 Å². The van der Waals surface area contributed by atoms with Gasteiger partial charge in [0, 0.05) is 25.3 Å². The molecule has 0 spiro atoms. The standard InChI is InChI=1S/C28H30N2O5/c1-4-5-15-34-22-9-6-8-20(17-22)26(31)24-25(19-11-13-21(14-12-19)29(2)3)30(28(33)27(24)32)18-23-10-7-16-35-23/h6-14,16-17,25,31H,4-5,15,18H2,1-3H3. The van der Waals surface area contributed by atoms with Gasteiger partial charge in [-0.05, 0) is 48.4 Å². The van der Waals surface area contributed by atoms with E-state index in [4.69, 9.17) is 9.15 Å². The van der Waals surface area contributed by atoms with Gasteiger partial charge in [-0.2, -0.15) is 0 Å². The first-order valence-corrected chi connectivity index (χ1v) is 11.7. The lowest BCUT2D eigenvalue weighted by Gasteiger charge is -2.25. The van der Waals surface area contributed by atoms with Gasteiger partial charge >= 0.3 is 0 Å². The summed E-state index contributed by atoms with van der Waals surface area (Å²) in [4.78, 5) is 29.8. The first kappa shape index (κ1) is 24.1. The summed E-state index contributed by atoms with van der Waals surface area (Å²) in [6.45, 7) is 2.75. The molecule has 2 aromatic carbocycles. The Morgan fingerprint density at radius 3 is 2.51 bits per heavy atom. The number of hydrogen-bond donors (Lipinski definition) is 1. The van der Waals surface area contributed by atoms with Crippen LogP contribution in [0.4, 0.5) is 5.69 Å². The van der Waals surface area contributed by atoms with E-state index in [0.717, 1.165) is 24.1 Å². The summed E-state index contributed by atoms with van der Waals surface area (Å²) < 4.78 is 11.2. The number of carbonyl (C=O) groups is 2. The predicted molar refractivity (Wildman–Crippen MR) is 134 cm³/mol. The maximum atomic E-state index is 13.2. The van der Waals surface area contributed by atoms with Crippen molar-refractivity contribution in [3.63, 3.8) is 0 Å².